The normalized spacial score (nSPS) is 11.1. The molecular formula is C32H31BrO5. The lowest BCUT2D eigenvalue weighted by Gasteiger charge is -2.36. The third-order valence-corrected chi connectivity index (χ3v) is 6.87. The van der Waals surface area contributed by atoms with Crippen molar-refractivity contribution >= 4 is 21.9 Å². The Bertz CT molecular complexity index is 1240. The van der Waals surface area contributed by atoms with Crippen LogP contribution < -0.4 is 9.47 Å². The second-order valence-electron chi connectivity index (χ2n) is 8.70. The van der Waals surface area contributed by atoms with Crippen LogP contribution in [-0.4, -0.2) is 33.4 Å². The van der Waals surface area contributed by atoms with Gasteiger partial charge in [0.2, 0.25) is 0 Å². The standard InChI is InChI=1S/C32H31BrO5/c1-35-29-18-12-26(13-19-29)32(25-8-4-3-5-9-25,27-14-20-30(36-2)21-15-27)38-23-7-6-22-37-31(34)24-10-16-28(33)17-11-24/h3-5,8-21H,6-7,22-23H2,1-2H3. The van der Waals surface area contributed by atoms with Crippen molar-refractivity contribution in [2.75, 3.05) is 27.4 Å². The van der Waals surface area contributed by atoms with Crippen LogP contribution in [0.5, 0.6) is 11.5 Å². The average molecular weight is 575 g/mol. The Kier molecular flexibility index (Phi) is 9.57. The predicted octanol–water partition coefficient (Wildman–Crippen LogP) is 7.41. The summed E-state index contributed by atoms with van der Waals surface area (Å²) in [4.78, 5) is 12.3. The summed E-state index contributed by atoms with van der Waals surface area (Å²) in [6.45, 7) is 0.782. The maximum Gasteiger partial charge on any atom is 0.338 e. The molecule has 0 radical (unpaired) electrons. The van der Waals surface area contributed by atoms with E-state index in [1.165, 1.54) is 0 Å². The molecule has 0 aliphatic heterocycles. The number of unbranched alkanes of at least 4 members (excludes halogenated alkanes) is 1. The van der Waals surface area contributed by atoms with Gasteiger partial charge in [0.25, 0.3) is 0 Å². The summed E-state index contributed by atoms with van der Waals surface area (Å²) in [5.74, 6) is 1.23. The van der Waals surface area contributed by atoms with Gasteiger partial charge in [-0.15, -0.1) is 0 Å². The van der Waals surface area contributed by atoms with E-state index in [-0.39, 0.29) is 5.97 Å². The van der Waals surface area contributed by atoms with Gasteiger partial charge >= 0.3 is 5.97 Å². The van der Waals surface area contributed by atoms with Gasteiger partial charge in [0.15, 0.2) is 0 Å². The van der Waals surface area contributed by atoms with E-state index in [4.69, 9.17) is 18.9 Å². The van der Waals surface area contributed by atoms with Gasteiger partial charge in [-0.25, -0.2) is 4.79 Å². The molecule has 0 spiro atoms. The lowest BCUT2D eigenvalue weighted by atomic mass is 9.80. The van der Waals surface area contributed by atoms with E-state index < -0.39 is 5.60 Å². The van der Waals surface area contributed by atoms with Crippen molar-refractivity contribution < 1.29 is 23.7 Å². The molecule has 0 saturated carbocycles. The van der Waals surface area contributed by atoms with Crippen LogP contribution in [0.15, 0.2) is 108 Å². The van der Waals surface area contributed by atoms with Gasteiger partial charge in [-0.05, 0) is 78.1 Å². The number of rotatable bonds is 12. The van der Waals surface area contributed by atoms with Gasteiger partial charge in [0, 0.05) is 11.1 Å². The zero-order chi connectivity index (χ0) is 26.8. The second kappa shape index (κ2) is 13.3. The molecule has 4 aromatic rings. The molecule has 6 heteroatoms. The Hall–Kier alpha value is -3.61. The van der Waals surface area contributed by atoms with Crippen molar-refractivity contribution in [2.45, 2.75) is 18.4 Å². The lowest BCUT2D eigenvalue weighted by molar-refractivity contribution is 0.00757. The van der Waals surface area contributed by atoms with Crippen molar-refractivity contribution in [3.8, 4) is 11.5 Å². The van der Waals surface area contributed by atoms with Gasteiger partial charge in [0.05, 0.1) is 26.4 Å². The van der Waals surface area contributed by atoms with Gasteiger partial charge in [-0.1, -0.05) is 70.5 Å². The molecule has 0 aliphatic rings. The molecule has 5 nitrogen and oxygen atoms in total. The van der Waals surface area contributed by atoms with Gasteiger partial charge in [-0.2, -0.15) is 0 Å². The number of benzene rings is 4. The number of hydrogen-bond donors (Lipinski definition) is 0. The molecule has 0 atom stereocenters. The summed E-state index contributed by atoms with van der Waals surface area (Å²) in [6, 6.07) is 33.3. The monoisotopic (exact) mass is 574 g/mol. The van der Waals surface area contributed by atoms with E-state index >= 15 is 0 Å². The minimum atomic E-state index is -0.853. The highest BCUT2D eigenvalue weighted by molar-refractivity contribution is 9.10. The van der Waals surface area contributed by atoms with Crippen LogP contribution in [0.3, 0.4) is 0 Å². The summed E-state index contributed by atoms with van der Waals surface area (Å²) < 4.78 is 24.0. The largest absolute Gasteiger partial charge is 0.497 e. The first kappa shape index (κ1) is 27.4. The zero-order valence-corrected chi connectivity index (χ0v) is 23.1. The molecule has 0 amide bonds. The molecule has 0 aromatic heterocycles. The molecule has 0 bridgehead atoms. The van der Waals surface area contributed by atoms with Crippen LogP contribution in [0.25, 0.3) is 0 Å². The molecule has 0 unspecified atom stereocenters. The number of halogens is 1. The summed E-state index contributed by atoms with van der Waals surface area (Å²) in [7, 11) is 3.31. The molecule has 196 valence electrons. The number of hydrogen-bond acceptors (Lipinski definition) is 5. The van der Waals surface area contributed by atoms with Crippen molar-refractivity contribution in [3.63, 3.8) is 0 Å². The van der Waals surface area contributed by atoms with Crippen LogP contribution in [0.2, 0.25) is 0 Å². The first-order valence-electron chi connectivity index (χ1n) is 12.5. The van der Waals surface area contributed by atoms with E-state index in [2.05, 4.69) is 28.1 Å². The molecule has 0 fully saturated rings. The van der Waals surface area contributed by atoms with Gasteiger partial charge in [0.1, 0.15) is 17.1 Å². The van der Waals surface area contributed by atoms with Crippen LogP contribution in [0.1, 0.15) is 39.9 Å². The quantitative estimate of drug-likeness (QED) is 0.100. The molecule has 0 saturated heterocycles. The van der Waals surface area contributed by atoms with E-state index in [0.717, 1.165) is 32.7 Å². The summed E-state index contributed by atoms with van der Waals surface area (Å²) in [5.41, 5.74) is 2.66. The molecule has 0 heterocycles. The average Bonchev–Trinajstić information content (AvgIpc) is 2.98. The Morgan fingerprint density at radius 3 is 1.68 bits per heavy atom. The Balaban J connectivity index is 1.54. The Morgan fingerprint density at radius 2 is 1.16 bits per heavy atom. The maximum absolute atomic E-state index is 12.3. The van der Waals surface area contributed by atoms with E-state index in [1.807, 2.05) is 78.9 Å². The smallest absolute Gasteiger partial charge is 0.338 e. The van der Waals surface area contributed by atoms with Crippen LogP contribution in [-0.2, 0) is 15.1 Å². The van der Waals surface area contributed by atoms with Crippen LogP contribution in [0, 0.1) is 0 Å². The SMILES string of the molecule is COc1ccc(C(OCCCCOC(=O)c2ccc(Br)cc2)(c2ccccc2)c2ccc(OC)cc2)cc1. The van der Waals surface area contributed by atoms with Crippen molar-refractivity contribution in [1.82, 2.24) is 0 Å². The fourth-order valence-electron chi connectivity index (χ4n) is 4.34. The number of carbonyl (C=O) groups is 1. The number of methoxy groups -OCH3 is 2. The van der Waals surface area contributed by atoms with Crippen molar-refractivity contribution in [3.05, 3.63) is 130 Å². The third kappa shape index (κ3) is 6.44. The number of esters is 1. The molecular weight excluding hydrogens is 544 g/mol. The van der Waals surface area contributed by atoms with Gasteiger partial charge < -0.3 is 18.9 Å². The lowest BCUT2D eigenvalue weighted by Crippen LogP contribution is -2.33. The summed E-state index contributed by atoms with van der Waals surface area (Å²) in [6.07, 6.45) is 1.40. The Morgan fingerprint density at radius 1 is 0.658 bits per heavy atom. The fourth-order valence-corrected chi connectivity index (χ4v) is 4.60. The summed E-state index contributed by atoms with van der Waals surface area (Å²) in [5, 5.41) is 0. The highest BCUT2D eigenvalue weighted by atomic mass is 79.9. The second-order valence-corrected chi connectivity index (χ2v) is 9.62. The highest BCUT2D eigenvalue weighted by Gasteiger charge is 2.37. The van der Waals surface area contributed by atoms with E-state index in [1.54, 1.807) is 26.4 Å². The van der Waals surface area contributed by atoms with Gasteiger partial charge in [-0.3, -0.25) is 0 Å². The fraction of sp³-hybridized carbons (Fsp3) is 0.219. The molecule has 38 heavy (non-hydrogen) atoms. The van der Waals surface area contributed by atoms with E-state index in [9.17, 15) is 4.79 Å². The van der Waals surface area contributed by atoms with Crippen LogP contribution in [0.4, 0.5) is 0 Å². The summed E-state index contributed by atoms with van der Waals surface area (Å²) >= 11 is 3.38. The number of ether oxygens (including phenoxy) is 4. The van der Waals surface area contributed by atoms with Crippen molar-refractivity contribution in [2.24, 2.45) is 0 Å². The zero-order valence-electron chi connectivity index (χ0n) is 21.6. The molecule has 4 rings (SSSR count). The first-order valence-corrected chi connectivity index (χ1v) is 13.3. The topological polar surface area (TPSA) is 54.0 Å². The van der Waals surface area contributed by atoms with Crippen LogP contribution >= 0.6 is 15.9 Å². The minimum absolute atomic E-state index is 0.321. The highest BCUT2D eigenvalue weighted by Crippen LogP contribution is 2.41. The van der Waals surface area contributed by atoms with Crippen molar-refractivity contribution in [1.29, 1.82) is 0 Å². The maximum atomic E-state index is 12.3. The molecule has 4 aromatic carbocycles. The third-order valence-electron chi connectivity index (χ3n) is 6.34. The first-order chi connectivity index (χ1) is 18.6. The molecule has 0 aliphatic carbocycles. The van der Waals surface area contributed by atoms with E-state index in [0.29, 0.717) is 31.6 Å². The predicted molar refractivity (Wildman–Crippen MR) is 152 cm³/mol. The molecule has 0 N–H and O–H groups in total. The Labute approximate surface area is 232 Å². The number of carbonyl (C=O) groups excluding carboxylic acids is 1. The minimum Gasteiger partial charge on any atom is -0.497 e.